The van der Waals surface area contributed by atoms with Crippen LogP contribution in [0.15, 0.2) is 11.5 Å². The van der Waals surface area contributed by atoms with Gasteiger partial charge in [0.25, 0.3) is 0 Å². The summed E-state index contributed by atoms with van der Waals surface area (Å²) in [4.78, 5) is 0. The van der Waals surface area contributed by atoms with Crippen molar-refractivity contribution in [1.29, 1.82) is 5.26 Å². The summed E-state index contributed by atoms with van der Waals surface area (Å²) in [7, 11) is 1.89. The van der Waals surface area contributed by atoms with Crippen molar-refractivity contribution in [1.82, 2.24) is 20.0 Å². The maximum absolute atomic E-state index is 9.65. The predicted octanol–water partition coefficient (Wildman–Crippen LogP) is 2.10. The van der Waals surface area contributed by atoms with Crippen LogP contribution in [0, 0.1) is 25.2 Å². The van der Waals surface area contributed by atoms with Crippen LogP contribution in [-0.2, 0) is 7.05 Å². The van der Waals surface area contributed by atoms with Crippen molar-refractivity contribution in [3.8, 4) is 11.9 Å². The minimum Gasteiger partial charge on any atom is -0.420 e. The SMILES string of the molecule is Cc1nn(C)c(C)c1[C@@H]1C(C#N)=C(N)Oc2n[nH]c(C(C)C)c21. The van der Waals surface area contributed by atoms with Crippen molar-refractivity contribution in [2.24, 2.45) is 12.8 Å². The number of hydrogen-bond donors (Lipinski definition) is 2. The first-order chi connectivity index (χ1) is 10.9. The second kappa shape index (κ2) is 5.16. The van der Waals surface area contributed by atoms with Gasteiger partial charge in [-0.3, -0.25) is 9.78 Å². The second-order valence-electron chi connectivity index (χ2n) is 6.14. The molecule has 7 heteroatoms. The van der Waals surface area contributed by atoms with Crippen LogP contribution < -0.4 is 10.5 Å². The molecular formula is C16H20N6O. The minimum atomic E-state index is -0.311. The Labute approximate surface area is 134 Å². The van der Waals surface area contributed by atoms with E-state index in [1.54, 1.807) is 0 Å². The first kappa shape index (κ1) is 15.2. The number of H-pyrrole nitrogens is 1. The lowest BCUT2D eigenvalue weighted by molar-refractivity contribution is 0.378. The normalized spacial score (nSPS) is 17.2. The fraction of sp³-hybridized carbons (Fsp3) is 0.438. The van der Waals surface area contributed by atoms with Crippen LogP contribution in [0.5, 0.6) is 5.88 Å². The molecule has 0 saturated heterocycles. The highest BCUT2D eigenvalue weighted by Crippen LogP contribution is 2.45. The standard InChI is InChI=1S/C16H20N6O/c1-7(2)14-13-12(11-8(3)21-22(5)9(11)4)10(6-17)15(18)23-16(13)20-19-14/h7,12H,18H2,1-5H3,(H,19,20)/t12-/m0/s1. The number of nitrogens with two attached hydrogens (primary N) is 1. The first-order valence-corrected chi connectivity index (χ1v) is 7.52. The van der Waals surface area contributed by atoms with E-state index >= 15 is 0 Å². The Hall–Kier alpha value is -2.75. The summed E-state index contributed by atoms with van der Waals surface area (Å²) in [6.07, 6.45) is 0. The summed E-state index contributed by atoms with van der Waals surface area (Å²) in [5, 5.41) is 21.4. The molecule has 7 nitrogen and oxygen atoms in total. The molecule has 0 unspecified atom stereocenters. The number of rotatable bonds is 2. The summed E-state index contributed by atoms with van der Waals surface area (Å²) in [6.45, 7) is 8.08. The third-order valence-corrected chi connectivity index (χ3v) is 4.40. The van der Waals surface area contributed by atoms with Crippen LogP contribution in [0.1, 0.15) is 53.9 Å². The molecule has 0 bridgehead atoms. The molecule has 1 atom stereocenters. The number of nitrogens with zero attached hydrogens (tertiary/aromatic N) is 4. The summed E-state index contributed by atoms with van der Waals surface area (Å²) in [5.41, 5.74) is 11.1. The number of hydrogen-bond acceptors (Lipinski definition) is 5. The molecule has 23 heavy (non-hydrogen) atoms. The molecule has 3 heterocycles. The zero-order valence-corrected chi connectivity index (χ0v) is 13.9. The van der Waals surface area contributed by atoms with Gasteiger partial charge in [0.05, 0.1) is 17.2 Å². The van der Waals surface area contributed by atoms with Gasteiger partial charge in [-0.25, -0.2) is 0 Å². The Morgan fingerprint density at radius 2 is 2.04 bits per heavy atom. The summed E-state index contributed by atoms with van der Waals surface area (Å²) in [5.74, 6) is 0.454. The number of allylic oxidation sites excluding steroid dienone is 1. The molecule has 2 aromatic rings. The van der Waals surface area contributed by atoms with Gasteiger partial charge in [0.2, 0.25) is 11.8 Å². The van der Waals surface area contributed by atoms with Crippen LogP contribution in [0.4, 0.5) is 0 Å². The lowest BCUT2D eigenvalue weighted by Gasteiger charge is -2.25. The number of aromatic nitrogens is 4. The van der Waals surface area contributed by atoms with E-state index < -0.39 is 0 Å². The quantitative estimate of drug-likeness (QED) is 0.883. The van der Waals surface area contributed by atoms with E-state index in [4.69, 9.17) is 10.5 Å². The van der Waals surface area contributed by atoms with Gasteiger partial charge in [0, 0.05) is 24.0 Å². The van der Waals surface area contributed by atoms with Crippen LogP contribution in [0.3, 0.4) is 0 Å². The highest BCUT2D eigenvalue weighted by Gasteiger charge is 2.38. The van der Waals surface area contributed by atoms with Gasteiger partial charge in [0.1, 0.15) is 11.6 Å². The van der Waals surface area contributed by atoms with E-state index in [2.05, 4.69) is 35.2 Å². The zero-order chi connectivity index (χ0) is 16.9. The highest BCUT2D eigenvalue weighted by molar-refractivity contribution is 5.57. The number of fused-ring (bicyclic) bond motifs is 1. The Bertz CT molecular complexity index is 849. The van der Waals surface area contributed by atoms with Gasteiger partial charge in [-0.05, 0) is 19.8 Å². The number of nitriles is 1. The number of aryl methyl sites for hydroxylation is 2. The molecule has 3 N–H and O–H groups in total. The number of aromatic amines is 1. The van der Waals surface area contributed by atoms with Crippen molar-refractivity contribution in [2.75, 3.05) is 0 Å². The fourth-order valence-corrected chi connectivity index (χ4v) is 3.21. The summed E-state index contributed by atoms with van der Waals surface area (Å²) < 4.78 is 7.39. The average Bonchev–Trinajstić information content (AvgIpc) is 3.00. The lowest BCUT2D eigenvalue weighted by atomic mass is 9.81. The first-order valence-electron chi connectivity index (χ1n) is 7.52. The van der Waals surface area contributed by atoms with Gasteiger partial charge >= 0.3 is 0 Å². The average molecular weight is 312 g/mol. The number of nitrogens with one attached hydrogen (secondary N) is 1. The zero-order valence-electron chi connectivity index (χ0n) is 13.9. The van der Waals surface area contributed by atoms with E-state index in [0.29, 0.717) is 11.5 Å². The minimum absolute atomic E-state index is 0.106. The van der Waals surface area contributed by atoms with Crippen LogP contribution in [0.2, 0.25) is 0 Å². The molecule has 0 spiro atoms. The maximum atomic E-state index is 9.65. The van der Waals surface area contributed by atoms with Crippen molar-refractivity contribution < 1.29 is 4.74 Å². The van der Waals surface area contributed by atoms with Crippen LogP contribution in [0.25, 0.3) is 0 Å². The van der Waals surface area contributed by atoms with E-state index in [-0.39, 0.29) is 17.7 Å². The van der Waals surface area contributed by atoms with Gasteiger partial charge in [-0.2, -0.15) is 10.4 Å². The summed E-state index contributed by atoms with van der Waals surface area (Å²) >= 11 is 0. The molecule has 0 radical (unpaired) electrons. The third-order valence-electron chi connectivity index (χ3n) is 4.40. The molecule has 1 aliphatic heterocycles. The van der Waals surface area contributed by atoms with Crippen molar-refractivity contribution >= 4 is 0 Å². The molecule has 0 fully saturated rings. The number of ether oxygens (including phenoxy) is 1. The molecule has 1 aliphatic rings. The molecular weight excluding hydrogens is 292 g/mol. The largest absolute Gasteiger partial charge is 0.420 e. The Balaban J connectivity index is 2.33. The van der Waals surface area contributed by atoms with E-state index in [1.165, 1.54) is 0 Å². The van der Waals surface area contributed by atoms with Gasteiger partial charge in [-0.1, -0.05) is 13.8 Å². The molecule has 0 aliphatic carbocycles. The highest BCUT2D eigenvalue weighted by atomic mass is 16.5. The topological polar surface area (TPSA) is 106 Å². The van der Waals surface area contributed by atoms with E-state index in [1.807, 2.05) is 25.6 Å². The van der Waals surface area contributed by atoms with E-state index in [9.17, 15) is 5.26 Å². The van der Waals surface area contributed by atoms with Gasteiger partial charge in [0.15, 0.2) is 0 Å². The van der Waals surface area contributed by atoms with Gasteiger partial charge in [-0.15, -0.1) is 5.10 Å². The van der Waals surface area contributed by atoms with Crippen LogP contribution >= 0.6 is 0 Å². The lowest BCUT2D eigenvalue weighted by Crippen LogP contribution is -2.22. The van der Waals surface area contributed by atoms with Crippen molar-refractivity contribution in [2.45, 2.75) is 39.5 Å². The smallest absolute Gasteiger partial charge is 0.244 e. The second-order valence-corrected chi connectivity index (χ2v) is 6.14. The van der Waals surface area contributed by atoms with Crippen LogP contribution in [-0.4, -0.2) is 20.0 Å². The Morgan fingerprint density at radius 1 is 1.35 bits per heavy atom. The summed E-state index contributed by atoms with van der Waals surface area (Å²) in [6, 6.07) is 2.21. The fourth-order valence-electron chi connectivity index (χ4n) is 3.21. The molecule has 120 valence electrons. The monoisotopic (exact) mass is 312 g/mol. The van der Waals surface area contributed by atoms with E-state index in [0.717, 1.165) is 28.2 Å². The maximum Gasteiger partial charge on any atom is 0.244 e. The molecule has 3 rings (SSSR count). The Kier molecular flexibility index (Phi) is 3.40. The predicted molar refractivity (Wildman–Crippen MR) is 84.7 cm³/mol. The molecule has 0 amide bonds. The third kappa shape index (κ3) is 2.10. The molecule has 0 aromatic carbocycles. The van der Waals surface area contributed by atoms with Crippen molar-refractivity contribution in [3.63, 3.8) is 0 Å². The molecule has 0 saturated carbocycles. The molecule has 2 aromatic heterocycles. The Morgan fingerprint density at radius 3 is 2.57 bits per heavy atom. The van der Waals surface area contributed by atoms with Gasteiger partial charge < -0.3 is 10.5 Å². The van der Waals surface area contributed by atoms with Crippen molar-refractivity contribution in [3.05, 3.63) is 39.7 Å².